The first kappa shape index (κ1) is 16.0. The Morgan fingerprint density at radius 1 is 1.04 bits per heavy atom. The second kappa shape index (κ2) is 5.62. The van der Waals surface area contributed by atoms with Crippen molar-refractivity contribution in [2.75, 3.05) is 6.54 Å². The first-order valence-electron chi connectivity index (χ1n) is 6.89. The molecule has 1 aliphatic heterocycles. The molecule has 0 atom stereocenters. The van der Waals surface area contributed by atoms with E-state index in [0.29, 0.717) is 0 Å². The Bertz CT molecular complexity index is 799. The molecule has 2 aromatic rings. The number of alkyl halides is 3. The zero-order chi connectivity index (χ0) is 17.5. The lowest BCUT2D eigenvalue weighted by atomic mass is 10.1. The molecule has 0 fully saturated rings. The molecule has 10 heteroatoms. The minimum atomic E-state index is -4.59. The summed E-state index contributed by atoms with van der Waals surface area (Å²) in [6.45, 7) is -0.0770. The van der Waals surface area contributed by atoms with E-state index < -0.39 is 23.9 Å². The van der Waals surface area contributed by atoms with E-state index in [2.05, 4.69) is 10.2 Å². The number of fused-ring (bicyclic) bond motifs is 1. The monoisotopic (exact) mass is 340 g/mol. The molecule has 24 heavy (non-hydrogen) atoms. The zero-order valence-corrected chi connectivity index (χ0v) is 12.1. The molecule has 0 aliphatic carbocycles. The zero-order valence-electron chi connectivity index (χ0n) is 12.1. The predicted molar refractivity (Wildman–Crippen MR) is 73.2 cm³/mol. The number of hydrogen-bond acceptors (Lipinski definition) is 4. The van der Waals surface area contributed by atoms with Crippen LogP contribution in [0.25, 0.3) is 0 Å². The van der Waals surface area contributed by atoms with E-state index in [0.717, 1.165) is 4.57 Å². The smallest absolute Gasteiger partial charge is 0.451 e. The summed E-state index contributed by atoms with van der Waals surface area (Å²) in [7, 11) is 0. The van der Waals surface area contributed by atoms with Crippen LogP contribution >= 0.6 is 0 Å². The van der Waals surface area contributed by atoms with Gasteiger partial charge in [0.2, 0.25) is 5.82 Å². The van der Waals surface area contributed by atoms with E-state index >= 15 is 0 Å². The molecule has 0 saturated carbocycles. The molecule has 1 N–H and O–H groups in total. The number of halogens is 3. The van der Waals surface area contributed by atoms with Gasteiger partial charge in [0.15, 0.2) is 5.82 Å². The van der Waals surface area contributed by atoms with Crippen molar-refractivity contribution in [3.8, 4) is 0 Å². The van der Waals surface area contributed by atoms with E-state index in [1.165, 1.54) is 29.2 Å². The van der Waals surface area contributed by atoms with Crippen molar-refractivity contribution in [2.24, 2.45) is 0 Å². The molecule has 2 heterocycles. The first-order valence-corrected chi connectivity index (χ1v) is 6.89. The number of carboxylic acid groups (broad SMARTS) is 1. The summed E-state index contributed by atoms with van der Waals surface area (Å²) < 4.78 is 39.3. The maximum absolute atomic E-state index is 12.8. The summed E-state index contributed by atoms with van der Waals surface area (Å²) in [5.41, 5.74) is 0.295. The van der Waals surface area contributed by atoms with Crippen molar-refractivity contribution in [3.63, 3.8) is 0 Å². The fourth-order valence-corrected chi connectivity index (χ4v) is 2.48. The van der Waals surface area contributed by atoms with Gasteiger partial charge in [0.1, 0.15) is 0 Å². The largest absolute Gasteiger partial charge is 0.478 e. The predicted octanol–water partition coefficient (Wildman–Crippen LogP) is 1.65. The SMILES string of the molecule is O=C(O)c1ccc(C(=O)N2CCn3c(nnc3C(F)(F)F)C2)cc1. The second-order valence-corrected chi connectivity index (χ2v) is 5.20. The molecule has 3 rings (SSSR count). The minimum Gasteiger partial charge on any atom is -0.478 e. The highest BCUT2D eigenvalue weighted by atomic mass is 19.4. The van der Waals surface area contributed by atoms with Gasteiger partial charge in [-0.1, -0.05) is 0 Å². The van der Waals surface area contributed by atoms with Crippen LogP contribution in [0.5, 0.6) is 0 Å². The number of aromatic nitrogens is 3. The normalized spacial score (nSPS) is 14.4. The van der Waals surface area contributed by atoms with E-state index in [1.54, 1.807) is 0 Å². The summed E-state index contributed by atoms with van der Waals surface area (Å²) in [5, 5.41) is 15.5. The summed E-state index contributed by atoms with van der Waals surface area (Å²) in [5.74, 6) is -2.53. The Morgan fingerprint density at radius 3 is 2.25 bits per heavy atom. The number of hydrogen-bond donors (Lipinski definition) is 1. The van der Waals surface area contributed by atoms with Gasteiger partial charge >= 0.3 is 12.1 Å². The average molecular weight is 340 g/mol. The van der Waals surface area contributed by atoms with Gasteiger partial charge in [-0.2, -0.15) is 13.2 Å². The lowest BCUT2D eigenvalue weighted by molar-refractivity contribution is -0.147. The first-order chi connectivity index (χ1) is 11.3. The number of carbonyl (C=O) groups is 2. The van der Waals surface area contributed by atoms with Crippen LogP contribution in [-0.4, -0.2) is 43.2 Å². The molecule has 1 aliphatic rings. The number of amides is 1. The third-order valence-corrected chi connectivity index (χ3v) is 3.67. The maximum Gasteiger partial charge on any atom is 0.451 e. The van der Waals surface area contributed by atoms with E-state index in [4.69, 9.17) is 5.11 Å². The van der Waals surface area contributed by atoms with Crippen LogP contribution in [0.3, 0.4) is 0 Å². The quantitative estimate of drug-likeness (QED) is 0.898. The Hall–Kier alpha value is -2.91. The number of nitrogens with zero attached hydrogens (tertiary/aromatic N) is 4. The molecule has 1 amide bonds. The maximum atomic E-state index is 12.8. The van der Waals surface area contributed by atoms with Crippen molar-refractivity contribution >= 4 is 11.9 Å². The Kier molecular flexibility index (Phi) is 3.74. The highest BCUT2D eigenvalue weighted by Gasteiger charge is 2.39. The number of benzene rings is 1. The number of rotatable bonds is 2. The summed E-state index contributed by atoms with van der Waals surface area (Å²) in [6, 6.07) is 5.33. The molecule has 0 unspecified atom stereocenters. The molecule has 0 spiro atoms. The van der Waals surface area contributed by atoms with Crippen molar-refractivity contribution in [1.82, 2.24) is 19.7 Å². The van der Waals surface area contributed by atoms with Crippen molar-refractivity contribution in [3.05, 3.63) is 47.0 Å². The highest BCUT2D eigenvalue weighted by Crippen LogP contribution is 2.29. The molecule has 0 saturated heterocycles. The van der Waals surface area contributed by atoms with Crippen LogP contribution in [-0.2, 0) is 19.3 Å². The van der Waals surface area contributed by atoms with Crippen LogP contribution in [0, 0.1) is 0 Å². The fourth-order valence-electron chi connectivity index (χ4n) is 2.48. The van der Waals surface area contributed by atoms with Gasteiger partial charge in [0.05, 0.1) is 12.1 Å². The fraction of sp³-hybridized carbons (Fsp3) is 0.286. The van der Waals surface area contributed by atoms with Crippen LogP contribution < -0.4 is 0 Å². The van der Waals surface area contributed by atoms with E-state index in [9.17, 15) is 22.8 Å². The molecule has 1 aromatic heterocycles. The standard InChI is InChI=1S/C14H11F3N4O3/c15-14(16,17)13-19-18-10-7-20(5-6-21(10)13)11(22)8-1-3-9(4-2-8)12(23)24/h1-4H,5-7H2,(H,23,24). The van der Waals surface area contributed by atoms with E-state index in [1.807, 2.05) is 0 Å². The van der Waals surface area contributed by atoms with Crippen LogP contribution in [0.15, 0.2) is 24.3 Å². The van der Waals surface area contributed by atoms with Crippen molar-refractivity contribution in [2.45, 2.75) is 19.3 Å². The number of carboxylic acids is 1. The summed E-state index contributed by atoms with van der Waals surface area (Å²) in [6.07, 6.45) is -4.59. The Balaban J connectivity index is 1.79. The third kappa shape index (κ3) is 2.82. The number of carbonyl (C=O) groups excluding carboxylic acids is 1. The van der Waals surface area contributed by atoms with Gasteiger partial charge in [-0.15, -0.1) is 10.2 Å². The second-order valence-electron chi connectivity index (χ2n) is 5.20. The van der Waals surface area contributed by atoms with Gasteiger partial charge in [-0.25, -0.2) is 4.79 Å². The summed E-state index contributed by atoms with van der Waals surface area (Å²) in [4.78, 5) is 24.5. The third-order valence-electron chi connectivity index (χ3n) is 3.67. The molecular weight excluding hydrogens is 329 g/mol. The van der Waals surface area contributed by atoms with Crippen LogP contribution in [0.2, 0.25) is 0 Å². The van der Waals surface area contributed by atoms with Crippen molar-refractivity contribution < 1.29 is 27.9 Å². The molecular formula is C14H11F3N4O3. The van der Waals surface area contributed by atoms with Crippen LogP contribution in [0.4, 0.5) is 13.2 Å². The molecule has 0 radical (unpaired) electrons. The van der Waals surface area contributed by atoms with Gasteiger partial charge < -0.3 is 14.6 Å². The Morgan fingerprint density at radius 2 is 1.67 bits per heavy atom. The molecule has 0 bridgehead atoms. The number of aromatic carboxylic acids is 1. The lowest BCUT2D eigenvalue weighted by Gasteiger charge is -2.28. The molecule has 7 nitrogen and oxygen atoms in total. The molecule has 126 valence electrons. The van der Waals surface area contributed by atoms with Crippen LogP contribution in [0.1, 0.15) is 32.4 Å². The van der Waals surface area contributed by atoms with Gasteiger partial charge in [-0.05, 0) is 24.3 Å². The van der Waals surface area contributed by atoms with Gasteiger partial charge in [0.25, 0.3) is 5.91 Å². The Labute approximate surface area is 133 Å². The topological polar surface area (TPSA) is 88.3 Å². The lowest BCUT2D eigenvalue weighted by Crippen LogP contribution is -2.39. The van der Waals surface area contributed by atoms with Gasteiger partial charge in [-0.3, -0.25) is 4.79 Å². The van der Waals surface area contributed by atoms with Gasteiger partial charge in [0, 0.05) is 18.7 Å². The van der Waals surface area contributed by atoms with E-state index in [-0.39, 0.29) is 36.6 Å². The molecule has 1 aromatic carbocycles. The average Bonchev–Trinajstić information content (AvgIpc) is 2.97. The summed E-state index contributed by atoms with van der Waals surface area (Å²) >= 11 is 0. The minimum absolute atomic E-state index is 0.0414. The highest BCUT2D eigenvalue weighted by molar-refractivity contribution is 5.95. The van der Waals surface area contributed by atoms with Crippen molar-refractivity contribution in [1.29, 1.82) is 0 Å².